The number of rotatable bonds is 4. The molecule has 10 heteroatoms. The van der Waals surface area contributed by atoms with Crippen LogP contribution in [0.5, 0.6) is 5.75 Å². The third-order valence-electron chi connectivity index (χ3n) is 6.81. The molecular weight excluding hydrogens is 495 g/mol. The Morgan fingerprint density at radius 3 is 2.46 bits per heavy atom. The Kier molecular flexibility index (Phi) is 5.73. The SMILES string of the molecule is Cn1ccn(-c2ccc(-c3cc(F)cc(-c4cc(N5CCNCC5)c5nc[nH]c5c4)c3O)cc2Cl)c1=O. The fraction of sp³-hybridized carbons (Fsp3) is 0.185. The van der Waals surface area contributed by atoms with Crippen LogP contribution in [0.3, 0.4) is 0 Å². The normalized spacial score (nSPS) is 14.0. The van der Waals surface area contributed by atoms with E-state index in [0.717, 1.165) is 42.9 Å². The van der Waals surface area contributed by atoms with Gasteiger partial charge in [0.1, 0.15) is 17.1 Å². The second-order valence-electron chi connectivity index (χ2n) is 9.11. The molecule has 8 nitrogen and oxygen atoms in total. The van der Waals surface area contributed by atoms with Gasteiger partial charge in [-0.3, -0.25) is 4.57 Å². The van der Waals surface area contributed by atoms with Crippen molar-refractivity contribution >= 4 is 28.3 Å². The van der Waals surface area contributed by atoms with Gasteiger partial charge < -0.3 is 24.9 Å². The number of imidazole rings is 2. The fourth-order valence-electron chi connectivity index (χ4n) is 4.89. The lowest BCUT2D eigenvalue weighted by Crippen LogP contribution is -2.43. The van der Waals surface area contributed by atoms with Gasteiger partial charge in [-0.25, -0.2) is 14.2 Å². The number of piperazine rings is 1. The van der Waals surface area contributed by atoms with E-state index in [1.54, 1.807) is 44.0 Å². The molecule has 188 valence electrons. The van der Waals surface area contributed by atoms with Crippen LogP contribution in [0, 0.1) is 5.82 Å². The van der Waals surface area contributed by atoms with Crippen molar-refractivity contribution in [2.75, 3.05) is 31.1 Å². The minimum Gasteiger partial charge on any atom is -0.507 e. The number of halogens is 2. The molecule has 0 bridgehead atoms. The van der Waals surface area contributed by atoms with Crippen molar-refractivity contribution in [3.05, 3.63) is 82.5 Å². The molecule has 0 spiro atoms. The second-order valence-corrected chi connectivity index (χ2v) is 9.52. The number of H-pyrrole nitrogens is 1. The topological polar surface area (TPSA) is 91.1 Å². The Morgan fingerprint density at radius 1 is 1.00 bits per heavy atom. The zero-order chi connectivity index (χ0) is 25.7. The van der Waals surface area contributed by atoms with E-state index in [9.17, 15) is 14.3 Å². The van der Waals surface area contributed by atoms with E-state index in [4.69, 9.17) is 11.6 Å². The van der Waals surface area contributed by atoms with E-state index in [1.165, 1.54) is 21.3 Å². The number of fused-ring (bicyclic) bond motifs is 1. The highest BCUT2D eigenvalue weighted by atomic mass is 35.5. The number of aromatic amines is 1. The van der Waals surface area contributed by atoms with Gasteiger partial charge in [0, 0.05) is 56.7 Å². The molecule has 1 aliphatic heterocycles. The number of nitrogens with zero attached hydrogens (tertiary/aromatic N) is 4. The Labute approximate surface area is 216 Å². The summed E-state index contributed by atoms with van der Waals surface area (Å²) in [6, 6.07) is 11.4. The predicted molar refractivity (Wildman–Crippen MR) is 143 cm³/mol. The number of aryl methyl sites for hydroxylation is 1. The summed E-state index contributed by atoms with van der Waals surface area (Å²) in [5, 5.41) is 15.0. The molecule has 0 saturated carbocycles. The van der Waals surface area contributed by atoms with E-state index in [2.05, 4.69) is 20.2 Å². The van der Waals surface area contributed by atoms with E-state index >= 15 is 0 Å². The number of nitrogens with one attached hydrogen (secondary N) is 2. The number of anilines is 1. The minimum absolute atomic E-state index is 0.0628. The van der Waals surface area contributed by atoms with Crippen molar-refractivity contribution in [3.63, 3.8) is 0 Å². The number of aromatic hydroxyl groups is 1. The van der Waals surface area contributed by atoms with Crippen LogP contribution in [0.4, 0.5) is 10.1 Å². The Hall–Kier alpha value is -4.08. The second kappa shape index (κ2) is 9.10. The van der Waals surface area contributed by atoms with Crippen molar-refractivity contribution in [3.8, 4) is 33.7 Å². The molecular formula is C27H24ClFN6O2. The molecule has 3 heterocycles. The van der Waals surface area contributed by atoms with Gasteiger partial charge in [0.2, 0.25) is 0 Å². The van der Waals surface area contributed by atoms with Gasteiger partial charge in [0.15, 0.2) is 0 Å². The molecule has 3 aromatic carbocycles. The molecule has 0 atom stereocenters. The molecule has 0 amide bonds. The number of benzene rings is 3. The number of aromatic nitrogens is 4. The minimum atomic E-state index is -0.490. The van der Waals surface area contributed by atoms with Crippen molar-refractivity contribution in [1.82, 2.24) is 24.4 Å². The zero-order valence-electron chi connectivity index (χ0n) is 20.0. The van der Waals surface area contributed by atoms with E-state index < -0.39 is 5.82 Å². The summed E-state index contributed by atoms with van der Waals surface area (Å²) in [7, 11) is 1.65. The third-order valence-corrected chi connectivity index (χ3v) is 7.11. The molecule has 1 aliphatic rings. The molecule has 5 aromatic rings. The first-order valence-electron chi connectivity index (χ1n) is 11.9. The maximum atomic E-state index is 15.0. The highest BCUT2D eigenvalue weighted by Crippen LogP contribution is 2.42. The molecule has 1 fully saturated rings. The lowest BCUT2D eigenvalue weighted by atomic mass is 9.96. The summed E-state index contributed by atoms with van der Waals surface area (Å²) in [5.74, 6) is -0.553. The van der Waals surface area contributed by atoms with Gasteiger partial charge in [-0.1, -0.05) is 17.7 Å². The van der Waals surface area contributed by atoms with Gasteiger partial charge in [0.25, 0.3) is 0 Å². The number of phenols is 1. The summed E-state index contributed by atoms with van der Waals surface area (Å²) in [4.78, 5) is 22.2. The summed E-state index contributed by atoms with van der Waals surface area (Å²) < 4.78 is 17.8. The zero-order valence-corrected chi connectivity index (χ0v) is 20.8. The van der Waals surface area contributed by atoms with Crippen molar-refractivity contribution in [2.24, 2.45) is 7.05 Å². The largest absolute Gasteiger partial charge is 0.507 e. The summed E-state index contributed by atoms with van der Waals surface area (Å²) >= 11 is 6.54. The molecule has 0 aliphatic carbocycles. The Bertz CT molecular complexity index is 1700. The monoisotopic (exact) mass is 518 g/mol. The van der Waals surface area contributed by atoms with Crippen LogP contribution in [0.25, 0.3) is 39.0 Å². The van der Waals surface area contributed by atoms with Crippen LogP contribution in [0.1, 0.15) is 0 Å². The van der Waals surface area contributed by atoms with E-state index in [1.807, 2.05) is 12.1 Å². The van der Waals surface area contributed by atoms with Crippen LogP contribution in [0.15, 0.2) is 66.0 Å². The molecule has 1 saturated heterocycles. The smallest absolute Gasteiger partial charge is 0.332 e. The number of hydrogen-bond acceptors (Lipinski definition) is 5. The number of hydrogen-bond donors (Lipinski definition) is 3. The molecule has 0 radical (unpaired) electrons. The van der Waals surface area contributed by atoms with Gasteiger partial charge >= 0.3 is 5.69 Å². The fourth-order valence-corrected chi connectivity index (χ4v) is 5.16. The molecule has 2 aromatic heterocycles. The quantitative estimate of drug-likeness (QED) is 0.330. The predicted octanol–water partition coefficient (Wildman–Crippen LogP) is 4.29. The highest BCUT2D eigenvalue weighted by molar-refractivity contribution is 6.32. The van der Waals surface area contributed by atoms with Crippen LogP contribution < -0.4 is 15.9 Å². The van der Waals surface area contributed by atoms with Gasteiger partial charge in [0.05, 0.1) is 28.2 Å². The summed E-state index contributed by atoms with van der Waals surface area (Å²) in [5.41, 5.74) is 4.69. The van der Waals surface area contributed by atoms with Crippen molar-refractivity contribution in [2.45, 2.75) is 0 Å². The first-order chi connectivity index (χ1) is 17.9. The first kappa shape index (κ1) is 23.3. The lowest BCUT2D eigenvalue weighted by Gasteiger charge is -2.30. The maximum Gasteiger partial charge on any atom is 0.332 e. The van der Waals surface area contributed by atoms with E-state index in [0.29, 0.717) is 33.0 Å². The Morgan fingerprint density at radius 2 is 1.76 bits per heavy atom. The van der Waals surface area contributed by atoms with Crippen LogP contribution >= 0.6 is 11.6 Å². The average molecular weight is 519 g/mol. The van der Waals surface area contributed by atoms with Gasteiger partial charge in [-0.05, 0) is 47.5 Å². The highest BCUT2D eigenvalue weighted by Gasteiger charge is 2.20. The van der Waals surface area contributed by atoms with E-state index in [-0.39, 0.29) is 11.4 Å². The van der Waals surface area contributed by atoms with Crippen LogP contribution in [0.2, 0.25) is 5.02 Å². The third kappa shape index (κ3) is 4.06. The molecule has 6 rings (SSSR count). The van der Waals surface area contributed by atoms with Crippen LogP contribution in [-0.4, -0.2) is 50.4 Å². The average Bonchev–Trinajstić information content (AvgIpc) is 3.51. The number of phenolic OH excluding ortho intramolecular Hbond substituents is 1. The maximum absolute atomic E-state index is 15.0. The summed E-state index contributed by atoms with van der Waals surface area (Å²) in [6.45, 7) is 3.36. The van der Waals surface area contributed by atoms with Crippen molar-refractivity contribution in [1.29, 1.82) is 0 Å². The standard InChI is InChI=1S/C27H24ClFN6O2/c1-33-8-9-35(27(33)37)23-3-2-16(10-21(23)28)19-13-18(29)14-20(26(19)36)17-11-22-25(32-15-31-22)24(12-17)34-6-4-30-5-7-34/h2-3,8-15,30,36H,4-7H2,1H3,(H,31,32). The summed E-state index contributed by atoms with van der Waals surface area (Å²) in [6.07, 6.45) is 4.91. The van der Waals surface area contributed by atoms with Gasteiger partial charge in [-0.15, -0.1) is 0 Å². The lowest BCUT2D eigenvalue weighted by molar-refractivity contribution is 0.477. The molecule has 37 heavy (non-hydrogen) atoms. The molecule has 0 unspecified atom stereocenters. The molecule has 3 N–H and O–H groups in total. The van der Waals surface area contributed by atoms with Gasteiger partial charge in [-0.2, -0.15) is 0 Å². The van der Waals surface area contributed by atoms with Crippen LogP contribution in [-0.2, 0) is 7.05 Å². The first-order valence-corrected chi connectivity index (χ1v) is 12.3. The van der Waals surface area contributed by atoms with Crippen molar-refractivity contribution < 1.29 is 9.50 Å². The Balaban J connectivity index is 1.46.